The average molecular weight is 601 g/mol. The van der Waals surface area contributed by atoms with E-state index in [-0.39, 0.29) is 16.6 Å². The second-order valence-electron chi connectivity index (χ2n) is 13.7. The van der Waals surface area contributed by atoms with Gasteiger partial charge in [0.1, 0.15) is 19.8 Å². The molecule has 0 N–H and O–H groups in total. The summed E-state index contributed by atoms with van der Waals surface area (Å²) in [7, 11) is 0. The molecule has 0 radical (unpaired) electrons. The van der Waals surface area contributed by atoms with E-state index in [9.17, 15) is 0 Å². The first-order chi connectivity index (χ1) is 21.4. The van der Waals surface area contributed by atoms with Crippen LogP contribution in [0.3, 0.4) is 0 Å². The number of hydrogen-bond donors (Lipinski definition) is 0. The number of ether oxygens (including phenoxy) is 3. The highest BCUT2D eigenvalue weighted by Gasteiger charge is 2.29. The summed E-state index contributed by atoms with van der Waals surface area (Å²) in [6.07, 6.45) is 11.0. The molecule has 45 heavy (non-hydrogen) atoms. The molecule has 7 rings (SSSR count). The molecule has 1 aromatic carbocycles. The van der Waals surface area contributed by atoms with Crippen LogP contribution in [0, 0.1) is 0 Å². The third-order valence-electron chi connectivity index (χ3n) is 7.79. The van der Waals surface area contributed by atoms with Crippen LogP contribution >= 0.6 is 0 Å². The molecule has 3 aliphatic heterocycles. The van der Waals surface area contributed by atoms with Gasteiger partial charge in [-0.05, 0) is 94.6 Å². The number of nitrogens with zero attached hydrogens (tertiary/aromatic N) is 6. The van der Waals surface area contributed by atoms with E-state index in [1.165, 1.54) is 0 Å². The summed E-state index contributed by atoms with van der Waals surface area (Å²) in [5.74, 6) is 1.83. The average Bonchev–Trinajstić information content (AvgIpc) is 3.71. The van der Waals surface area contributed by atoms with Crippen LogP contribution < -0.4 is 0 Å². The van der Waals surface area contributed by atoms with E-state index in [4.69, 9.17) is 29.2 Å². The van der Waals surface area contributed by atoms with E-state index in [0.717, 1.165) is 50.1 Å². The minimum atomic E-state index is -0.264. The zero-order valence-electron chi connectivity index (χ0n) is 26.5. The normalized spacial score (nSPS) is 19.2. The quantitative estimate of drug-likeness (QED) is 0.249. The maximum absolute atomic E-state index is 5.93. The minimum Gasteiger partial charge on any atom is -0.475 e. The maximum Gasteiger partial charge on any atom is 0.218 e. The molecule has 9 heteroatoms. The van der Waals surface area contributed by atoms with Gasteiger partial charge in [0.15, 0.2) is 0 Å². The lowest BCUT2D eigenvalue weighted by Gasteiger charge is -2.13. The van der Waals surface area contributed by atoms with E-state index in [0.29, 0.717) is 37.5 Å². The van der Waals surface area contributed by atoms with Gasteiger partial charge in [0.25, 0.3) is 0 Å². The van der Waals surface area contributed by atoms with Crippen LogP contribution in [0.15, 0.2) is 88.6 Å². The summed E-state index contributed by atoms with van der Waals surface area (Å²) in [6, 6.07) is 12.7. The summed E-state index contributed by atoms with van der Waals surface area (Å²) in [5.41, 5.74) is 7.51. The highest BCUT2D eigenvalue weighted by atomic mass is 16.5. The fourth-order valence-corrected chi connectivity index (χ4v) is 5.47. The first kappa shape index (κ1) is 28.8. The molecule has 0 bridgehead atoms. The molecular formula is C36H36N6O3. The van der Waals surface area contributed by atoms with Crippen molar-refractivity contribution < 1.29 is 14.2 Å². The molecule has 9 nitrogen and oxygen atoms in total. The zero-order valence-corrected chi connectivity index (χ0v) is 26.5. The molecule has 0 fully saturated rings. The fourth-order valence-electron chi connectivity index (χ4n) is 5.47. The summed E-state index contributed by atoms with van der Waals surface area (Å²) in [5, 5.41) is 0. The Balaban J connectivity index is 1.34. The van der Waals surface area contributed by atoms with Crippen molar-refractivity contribution >= 4 is 17.7 Å². The first-order valence-electron chi connectivity index (χ1n) is 15.1. The molecular weight excluding hydrogens is 564 g/mol. The Hall–Kier alpha value is -4.92. The third kappa shape index (κ3) is 6.07. The van der Waals surface area contributed by atoms with Gasteiger partial charge in [-0.3, -0.25) is 15.0 Å². The highest BCUT2D eigenvalue weighted by Crippen LogP contribution is 2.35. The molecule has 4 aromatic rings. The molecule has 0 saturated carbocycles. The van der Waals surface area contributed by atoms with Crippen LogP contribution in [-0.4, -0.2) is 69.1 Å². The summed E-state index contributed by atoms with van der Waals surface area (Å²) >= 11 is 0. The monoisotopic (exact) mass is 600 g/mol. The van der Waals surface area contributed by atoms with Crippen molar-refractivity contribution in [2.45, 2.75) is 58.2 Å². The Morgan fingerprint density at radius 1 is 0.378 bits per heavy atom. The maximum atomic E-state index is 5.93. The molecule has 0 atom stereocenters. The Bertz CT molecular complexity index is 1680. The van der Waals surface area contributed by atoms with Gasteiger partial charge in [-0.25, -0.2) is 15.0 Å². The van der Waals surface area contributed by atoms with Crippen molar-refractivity contribution in [3.63, 3.8) is 0 Å². The molecule has 6 heterocycles. The van der Waals surface area contributed by atoms with Gasteiger partial charge < -0.3 is 14.2 Å². The van der Waals surface area contributed by atoms with Crippen molar-refractivity contribution in [2.75, 3.05) is 19.8 Å². The predicted octanol–water partition coefficient (Wildman–Crippen LogP) is 6.54. The number of rotatable bonds is 6. The molecule has 0 spiro atoms. The second kappa shape index (κ2) is 10.6. The van der Waals surface area contributed by atoms with Gasteiger partial charge in [-0.15, -0.1) is 0 Å². The largest absolute Gasteiger partial charge is 0.475 e. The van der Waals surface area contributed by atoms with Crippen molar-refractivity contribution in [1.29, 1.82) is 0 Å². The Kier molecular flexibility index (Phi) is 6.80. The fraction of sp³-hybridized carbons (Fsp3) is 0.333. The third-order valence-corrected chi connectivity index (χ3v) is 7.79. The smallest absolute Gasteiger partial charge is 0.218 e. The SMILES string of the molecule is CC1(C)COC(c2cncc(-c3cc(-c4cncc(C5=NC(C)(C)CO5)c4)cc(-c4cncc(C5=NC(C)(C)CO5)c4)c3)c2)=N1. The van der Waals surface area contributed by atoms with Gasteiger partial charge in [-0.1, -0.05) is 0 Å². The van der Waals surface area contributed by atoms with Gasteiger partial charge >= 0.3 is 0 Å². The van der Waals surface area contributed by atoms with Crippen LogP contribution in [0.5, 0.6) is 0 Å². The Labute approximate surface area is 263 Å². The van der Waals surface area contributed by atoms with Crippen LogP contribution in [0.2, 0.25) is 0 Å². The summed E-state index contributed by atoms with van der Waals surface area (Å²) in [4.78, 5) is 28.0. The van der Waals surface area contributed by atoms with E-state index >= 15 is 0 Å². The number of pyridine rings is 3. The van der Waals surface area contributed by atoms with Gasteiger partial charge in [0.2, 0.25) is 17.7 Å². The molecule has 0 unspecified atom stereocenters. The van der Waals surface area contributed by atoms with Crippen molar-refractivity contribution in [3.05, 3.63) is 90.3 Å². The second-order valence-corrected chi connectivity index (χ2v) is 13.7. The number of benzene rings is 1. The van der Waals surface area contributed by atoms with Crippen molar-refractivity contribution in [2.24, 2.45) is 15.0 Å². The summed E-state index contributed by atoms with van der Waals surface area (Å²) < 4.78 is 17.8. The molecule has 228 valence electrons. The number of hydrogen-bond acceptors (Lipinski definition) is 9. The molecule has 3 aromatic heterocycles. The van der Waals surface area contributed by atoms with Crippen molar-refractivity contribution in [1.82, 2.24) is 15.0 Å². The van der Waals surface area contributed by atoms with Crippen molar-refractivity contribution in [3.8, 4) is 33.4 Å². The van der Waals surface area contributed by atoms with Gasteiger partial charge in [-0.2, -0.15) is 0 Å². The zero-order chi connectivity index (χ0) is 31.4. The molecule has 0 amide bonds. The minimum absolute atomic E-state index is 0.264. The number of aliphatic imine (C=N–C) groups is 3. The lowest BCUT2D eigenvalue weighted by atomic mass is 9.93. The van der Waals surface area contributed by atoms with Gasteiger partial charge in [0, 0.05) is 53.9 Å². The topological polar surface area (TPSA) is 103 Å². The summed E-state index contributed by atoms with van der Waals surface area (Å²) in [6.45, 7) is 14.0. The predicted molar refractivity (Wildman–Crippen MR) is 176 cm³/mol. The Morgan fingerprint density at radius 2 is 0.622 bits per heavy atom. The number of aromatic nitrogens is 3. The van der Waals surface area contributed by atoms with Gasteiger partial charge in [0.05, 0.1) is 33.3 Å². The van der Waals surface area contributed by atoms with Crippen LogP contribution in [0.1, 0.15) is 58.2 Å². The molecule has 0 aliphatic carbocycles. The first-order valence-corrected chi connectivity index (χ1v) is 15.1. The standard InChI is InChI=1S/C36H36N6O3/c1-34(2)19-43-31(40-34)28-10-25(13-37-16-28)22-7-23(26-11-29(17-38-14-26)32-41-35(3,4)20-44-32)9-24(8-22)27-12-30(18-39-15-27)33-42-36(5,6)21-45-33/h7-18H,19-21H2,1-6H3. The lowest BCUT2D eigenvalue weighted by Crippen LogP contribution is -2.17. The Morgan fingerprint density at radius 3 is 0.867 bits per heavy atom. The lowest BCUT2D eigenvalue weighted by molar-refractivity contribution is 0.279. The highest BCUT2D eigenvalue weighted by molar-refractivity contribution is 5.98. The van der Waals surface area contributed by atoms with Crippen LogP contribution in [0.25, 0.3) is 33.4 Å². The van der Waals surface area contributed by atoms with E-state index in [1.54, 1.807) is 18.6 Å². The van der Waals surface area contributed by atoms with E-state index in [1.807, 2.05) is 18.6 Å². The molecule has 0 saturated heterocycles. The van der Waals surface area contributed by atoms with Crippen LogP contribution in [0.4, 0.5) is 0 Å². The van der Waals surface area contributed by atoms with Crippen LogP contribution in [-0.2, 0) is 14.2 Å². The molecule has 3 aliphatic rings. The van der Waals surface area contributed by atoms with E-state index in [2.05, 4.69) is 92.9 Å². The van der Waals surface area contributed by atoms with E-state index < -0.39 is 0 Å².